The molecule has 1 heterocycles. The molecule has 0 radical (unpaired) electrons. The van der Waals surface area contributed by atoms with E-state index in [1.54, 1.807) is 0 Å². The highest BCUT2D eigenvalue weighted by Gasteiger charge is 2.25. The smallest absolute Gasteiger partial charge is 0.247 e. The Morgan fingerprint density at radius 1 is 1.14 bits per heavy atom. The molecule has 1 aromatic heterocycles. The van der Waals surface area contributed by atoms with Crippen molar-refractivity contribution in [2.75, 3.05) is 22.3 Å². The lowest BCUT2D eigenvalue weighted by Gasteiger charge is -2.11. The van der Waals surface area contributed by atoms with Crippen molar-refractivity contribution in [3.05, 3.63) is 28.5 Å². The predicted octanol–water partition coefficient (Wildman–Crippen LogP) is 1.76. The number of alkyl halides is 1. The number of H-pyrrole nitrogens is 1. The Kier molecular flexibility index (Phi) is 6.36. The molecule has 0 atom stereocenters. The van der Waals surface area contributed by atoms with Crippen LogP contribution in [0.2, 0.25) is 5.02 Å². The molecule has 0 bridgehead atoms. The number of anilines is 1. The van der Waals surface area contributed by atoms with Crippen LogP contribution in [0.3, 0.4) is 0 Å². The van der Waals surface area contributed by atoms with Crippen molar-refractivity contribution < 1.29 is 29.6 Å². The van der Waals surface area contributed by atoms with E-state index in [0.717, 1.165) is 24.6 Å². The highest BCUT2D eigenvalue weighted by molar-refractivity contribution is 8.08. The Bertz CT molecular complexity index is 1240. The fourth-order valence-electron chi connectivity index (χ4n) is 2.29. The first-order valence-electron chi connectivity index (χ1n) is 7.15. The van der Waals surface area contributed by atoms with E-state index in [2.05, 4.69) is 10.2 Å². The van der Waals surface area contributed by atoms with Gasteiger partial charge in [-0.25, -0.2) is 29.6 Å². The molecule has 0 amide bonds. The molecule has 156 valence electrons. The number of halogens is 3. The second-order valence-electron chi connectivity index (χ2n) is 5.86. The van der Waals surface area contributed by atoms with Crippen LogP contribution in [0, 0.1) is 5.82 Å². The van der Waals surface area contributed by atoms with Gasteiger partial charge in [-0.15, -0.1) is 11.6 Å². The molecule has 0 unspecified atom stereocenters. The zero-order chi connectivity index (χ0) is 21.5. The topological polar surface area (TPSA) is 143 Å². The van der Waals surface area contributed by atoms with Gasteiger partial charge in [-0.2, -0.15) is 5.10 Å². The van der Waals surface area contributed by atoms with Crippen LogP contribution in [0.5, 0.6) is 0 Å². The van der Waals surface area contributed by atoms with Crippen LogP contribution in [0.25, 0.3) is 11.3 Å². The molecular weight excluding hydrogens is 480 g/mol. The standard InChI is InChI=1S/C13H14Cl2FN3O6S3/c1-26(20,21)6-28(24,25)19-11-3-7(10(16)4-9(11)15)12-8(5-14)13(18-17-12)27(2,22)23/h3-4,19H,5-6H2,1-2H3,(H,17,18). The Morgan fingerprint density at radius 3 is 2.25 bits per heavy atom. The van der Waals surface area contributed by atoms with Crippen molar-refractivity contribution in [1.29, 1.82) is 0 Å². The summed E-state index contributed by atoms with van der Waals surface area (Å²) in [5, 5.41) is 4.16. The van der Waals surface area contributed by atoms with Crippen molar-refractivity contribution in [2.24, 2.45) is 0 Å². The van der Waals surface area contributed by atoms with Gasteiger partial charge in [0, 0.05) is 23.6 Å². The molecule has 28 heavy (non-hydrogen) atoms. The van der Waals surface area contributed by atoms with Gasteiger partial charge in [0.05, 0.1) is 16.6 Å². The number of benzene rings is 1. The fraction of sp³-hybridized carbons (Fsp3) is 0.308. The van der Waals surface area contributed by atoms with Gasteiger partial charge in [0.25, 0.3) is 0 Å². The minimum Gasteiger partial charge on any atom is -0.281 e. The largest absolute Gasteiger partial charge is 0.281 e. The number of nitrogens with zero attached hydrogens (tertiary/aromatic N) is 1. The second-order valence-corrected chi connectivity index (χ2v) is 12.7. The highest BCUT2D eigenvalue weighted by Crippen LogP contribution is 2.35. The fourth-order valence-corrected chi connectivity index (χ4v) is 6.71. The lowest BCUT2D eigenvalue weighted by Crippen LogP contribution is -2.22. The third-order valence-corrected chi connectivity index (χ3v) is 8.42. The summed E-state index contributed by atoms with van der Waals surface area (Å²) in [4.78, 5) is 0. The number of aromatic nitrogens is 2. The van der Waals surface area contributed by atoms with Crippen LogP contribution in [-0.2, 0) is 35.6 Å². The van der Waals surface area contributed by atoms with Crippen LogP contribution >= 0.6 is 23.2 Å². The van der Waals surface area contributed by atoms with E-state index >= 15 is 0 Å². The maximum atomic E-state index is 14.4. The first kappa shape index (κ1) is 22.9. The molecule has 15 heteroatoms. The third-order valence-electron chi connectivity index (χ3n) is 3.28. The van der Waals surface area contributed by atoms with Gasteiger partial charge < -0.3 is 0 Å². The Morgan fingerprint density at radius 2 is 1.75 bits per heavy atom. The van der Waals surface area contributed by atoms with E-state index in [-0.39, 0.29) is 38.4 Å². The van der Waals surface area contributed by atoms with Crippen molar-refractivity contribution in [1.82, 2.24) is 10.2 Å². The van der Waals surface area contributed by atoms with E-state index < -0.39 is 40.6 Å². The molecule has 2 aromatic rings. The van der Waals surface area contributed by atoms with Crippen LogP contribution in [-0.4, -0.2) is 53.0 Å². The average molecular weight is 494 g/mol. The maximum absolute atomic E-state index is 14.4. The van der Waals surface area contributed by atoms with Crippen molar-refractivity contribution in [3.63, 3.8) is 0 Å². The van der Waals surface area contributed by atoms with Gasteiger partial charge in [-0.1, -0.05) is 11.6 Å². The first-order chi connectivity index (χ1) is 12.6. The van der Waals surface area contributed by atoms with Crippen molar-refractivity contribution in [2.45, 2.75) is 10.9 Å². The van der Waals surface area contributed by atoms with Crippen molar-refractivity contribution >= 4 is 58.6 Å². The molecule has 0 fully saturated rings. The summed E-state index contributed by atoms with van der Waals surface area (Å²) < 4.78 is 86.5. The van der Waals surface area contributed by atoms with Crippen molar-refractivity contribution in [3.8, 4) is 11.3 Å². The molecule has 0 saturated heterocycles. The predicted molar refractivity (Wildman–Crippen MR) is 104 cm³/mol. The van der Waals surface area contributed by atoms with Crippen LogP contribution < -0.4 is 4.72 Å². The molecule has 2 rings (SSSR count). The quantitative estimate of drug-likeness (QED) is 0.559. The lowest BCUT2D eigenvalue weighted by molar-refractivity contribution is 0.593. The lowest BCUT2D eigenvalue weighted by atomic mass is 10.1. The van der Waals surface area contributed by atoms with E-state index in [0.29, 0.717) is 0 Å². The van der Waals surface area contributed by atoms with Crippen LogP contribution in [0.4, 0.5) is 10.1 Å². The summed E-state index contributed by atoms with van der Waals surface area (Å²) >= 11 is 11.6. The minimum atomic E-state index is -4.36. The summed E-state index contributed by atoms with van der Waals surface area (Å²) in [5.74, 6) is -1.25. The summed E-state index contributed by atoms with van der Waals surface area (Å²) in [7, 11) is -12.0. The monoisotopic (exact) mass is 493 g/mol. The molecule has 0 saturated carbocycles. The molecule has 0 aliphatic heterocycles. The van der Waals surface area contributed by atoms with E-state index in [4.69, 9.17) is 23.2 Å². The van der Waals surface area contributed by atoms with Gasteiger partial charge in [-0.05, 0) is 12.1 Å². The molecule has 9 nitrogen and oxygen atoms in total. The number of aromatic amines is 1. The van der Waals surface area contributed by atoms with E-state index in [1.165, 1.54) is 0 Å². The van der Waals surface area contributed by atoms with Gasteiger partial charge >= 0.3 is 0 Å². The van der Waals surface area contributed by atoms with Gasteiger partial charge in [0.15, 0.2) is 29.8 Å². The molecule has 0 spiro atoms. The van der Waals surface area contributed by atoms with Crippen LogP contribution in [0.15, 0.2) is 17.2 Å². The number of hydrogen-bond donors (Lipinski definition) is 2. The number of sulfonamides is 1. The number of sulfone groups is 2. The zero-order valence-electron chi connectivity index (χ0n) is 14.3. The summed E-state index contributed by atoms with van der Waals surface area (Å²) in [6, 6.07) is 1.75. The Balaban J connectivity index is 2.61. The van der Waals surface area contributed by atoms with Gasteiger partial charge in [0.1, 0.15) is 11.5 Å². The van der Waals surface area contributed by atoms with E-state index in [1.807, 2.05) is 4.72 Å². The molecular formula is C13H14Cl2FN3O6S3. The molecule has 0 aliphatic carbocycles. The Hall–Kier alpha value is -1.41. The minimum absolute atomic E-state index is 0.0182. The second kappa shape index (κ2) is 7.78. The number of hydrogen-bond acceptors (Lipinski definition) is 7. The number of nitrogens with one attached hydrogen (secondary N) is 2. The SMILES string of the molecule is CS(=O)(=O)CS(=O)(=O)Nc1cc(-c2n[nH]c(S(C)(=O)=O)c2CCl)c(F)cc1Cl. The van der Waals surface area contributed by atoms with Crippen LogP contribution in [0.1, 0.15) is 5.56 Å². The summed E-state index contributed by atoms with van der Waals surface area (Å²) in [6.07, 6.45) is 1.64. The van der Waals surface area contributed by atoms with Gasteiger partial charge in [-0.3, -0.25) is 9.82 Å². The molecule has 2 N–H and O–H groups in total. The summed E-state index contributed by atoms with van der Waals surface area (Å²) in [6.45, 7) is 0. The normalized spacial score (nSPS) is 12.9. The number of rotatable bonds is 7. The maximum Gasteiger partial charge on any atom is 0.247 e. The van der Waals surface area contributed by atoms with E-state index in [9.17, 15) is 29.6 Å². The van der Waals surface area contributed by atoms with Gasteiger partial charge in [0.2, 0.25) is 10.0 Å². The average Bonchev–Trinajstić information content (AvgIpc) is 2.91. The third kappa shape index (κ3) is 5.35. The highest BCUT2D eigenvalue weighted by atomic mass is 35.5. The first-order valence-corrected chi connectivity index (χ1v) is 13.7. The zero-order valence-corrected chi connectivity index (χ0v) is 18.3. The molecule has 1 aromatic carbocycles. The Labute approximate surface area is 171 Å². The molecule has 0 aliphatic rings. The summed E-state index contributed by atoms with van der Waals surface area (Å²) in [5.41, 5.74) is -0.780.